The van der Waals surface area contributed by atoms with Gasteiger partial charge in [0, 0.05) is 20.0 Å². The van der Waals surface area contributed by atoms with Crippen molar-refractivity contribution in [2.45, 2.75) is 39.4 Å². The standard InChI is InChI=1S/C11H13F3N2O.C2H3N/c1-7(17)16-10(2,3)8-4-5-9(15-6-8)11(12,13)14;1-2-3/h4-6H,1-3H3,(H,16,17);1H3. The van der Waals surface area contributed by atoms with Crippen LogP contribution in [0.4, 0.5) is 13.2 Å². The number of pyridine rings is 1. The first-order valence-electron chi connectivity index (χ1n) is 5.68. The van der Waals surface area contributed by atoms with E-state index in [1.54, 1.807) is 19.9 Å². The first-order chi connectivity index (χ1) is 9.04. The summed E-state index contributed by atoms with van der Waals surface area (Å²) in [4.78, 5) is 14.3. The Kier molecular flexibility index (Phi) is 6.17. The molecule has 1 aromatic heterocycles. The second-order valence-electron chi connectivity index (χ2n) is 4.46. The van der Waals surface area contributed by atoms with E-state index in [9.17, 15) is 18.0 Å². The summed E-state index contributed by atoms with van der Waals surface area (Å²) in [5.74, 6) is -0.255. The molecule has 0 radical (unpaired) electrons. The van der Waals surface area contributed by atoms with Crippen LogP contribution in [0.1, 0.15) is 39.0 Å². The summed E-state index contributed by atoms with van der Waals surface area (Å²) < 4.78 is 36.9. The van der Waals surface area contributed by atoms with Crippen LogP contribution in [0.3, 0.4) is 0 Å². The van der Waals surface area contributed by atoms with Gasteiger partial charge in [-0.05, 0) is 25.5 Å². The monoisotopic (exact) mass is 287 g/mol. The fourth-order valence-corrected chi connectivity index (χ4v) is 1.44. The molecule has 0 saturated carbocycles. The highest BCUT2D eigenvalue weighted by molar-refractivity contribution is 5.74. The zero-order valence-electron chi connectivity index (χ0n) is 11.7. The summed E-state index contributed by atoms with van der Waals surface area (Å²) in [6.45, 7) is 6.16. The van der Waals surface area contributed by atoms with Gasteiger partial charge in [-0.3, -0.25) is 9.78 Å². The van der Waals surface area contributed by atoms with E-state index >= 15 is 0 Å². The van der Waals surface area contributed by atoms with E-state index in [1.807, 2.05) is 0 Å². The minimum atomic E-state index is -4.45. The van der Waals surface area contributed by atoms with Crippen molar-refractivity contribution in [2.24, 2.45) is 0 Å². The van der Waals surface area contributed by atoms with Crippen LogP contribution in [0.25, 0.3) is 0 Å². The van der Waals surface area contributed by atoms with E-state index < -0.39 is 17.4 Å². The normalized spacial score (nSPS) is 10.9. The fraction of sp³-hybridized carbons (Fsp3) is 0.462. The Balaban J connectivity index is 0.00000110. The smallest absolute Gasteiger partial charge is 0.347 e. The summed E-state index contributed by atoms with van der Waals surface area (Å²) >= 11 is 0. The number of nitriles is 1. The van der Waals surface area contributed by atoms with Gasteiger partial charge in [-0.1, -0.05) is 6.07 Å². The van der Waals surface area contributed by atoms with Crippen LogP contribution in [0.5, 0.6) is 0 Å². The Morgan fingerprint density at radius 3 is 2.15 bits per heavy atom. The van der Waals surface area contributed by atoms with Gasteiger partial charge in [-0.2, -0.15) is 18.4 Å². The first-order valence-corrected chi connectivity index (χ1v) is 5.68. The second kappa shape index (κ2) is 6.89. The summed E-state index contributed by atoms with van der Waals surface area (Å²) in [6.07, 6.45) is -3.32. The molecule has 20 heavy (non-hydrogen) atoms. The van der Waals surface area contributed by atoms with E-state index in [0.29, 0.717) is 5.56 Å². The molecule has 0 saturated heterocycles. The molecule has 1 heterocycles. The van der Waals surface area contributed by atoms with Gasteiger partial charge in [-0.25, -0.2) is 0 Å². The molecule has 7 heteroatoms. The van der Waals surface area contributed by atoms with Crippen LogP contribution in [-0.4, -0.2) is 10.9 Å². The summed E-state index contributed by atoms with van der Waals surface area (Å²) in [5.41, 5.74) is -1.18. The number of aromatic nitrogens is 1. The average Bonchev–Trinajstić information content (AvgIpc) is 2.27. The van der Waals surface area contributed by atoms with E-state index in [-0.39, 0.29) is 5.91 Å². The molecule has 1 rings (SSSR count). The maximum absolute atomic E-state index is 12.3. The third-order valence-corrected chi connectivity index (χ3v) is 2.26. The molecule has 0 spiro atoms. The lowest BCUT2D eigenvalue weighted by Gasteiger charge is -2.26. The number of carbonyl (C=O) groups excluding carboxylic acids is 1. The number of hydrogen-bond acceptors (Lipinski definition) is 3. The van der Waals surface area contributed by atoms with E-state index in [4.69, 9.17) is 5.26 Å². The van der Waals surface area contributed by atoms with Crippen molar-refractivity contribution in [1.82, 2.24) is 10.3 Å². The highest BCUT2D eigenvalue weighted by atomic mass is 19.4. The third-order valence-electron chi connectivity index (χ3n) is 2.26. The van der Waals surface area contributed by atoms with Gasteiger partial charge in [0.15, 0.2) is 0 Å². The molecule has 0 bridgehead atoms. The van der Waals surface area contributed by atoms with E-state index in [2.05, 4.69) is 10.3 Å². The fourth-order valence-electron chi connectivity index (χ4n) is 1.44. The van der Waals surface area contributed by atoms with Gasteiger partial charge < -0.3 is 5.32 Å². The van der Waals surface area contributed by atoms with Crippen molar-refractivity contribution in [1.29, 1.82) is 5.26 Å². The maximum atomic E-state index is 12.3. The Morgan fingerprint density at radius 1 is 1.35 bits per heavy atom. The maximum Gasteiger partial charge on any atom is 0.433 e. The number of amides is 1. The SMILES string of the molecule is CC#N.CC(=O)NC(C)(C)c1ccc(C(F)(F)F)nc1. The van der Waals surface area contributed by atoms with Crippen LogP contribution in [-0.2, 0) is 16.5 Å². The van der Waals surface area contributed by atoms with Crippen LogP contribution in [0, 0.1) is 11.3 Å². The van der Waals surface area contributed by atoms with Crippen molar-refractivity contribution < 1.29 is 18.0 Å². The molecule has 0 atom stereocenters. The largest absolute Gasteiger partial charge is 0.433 e. The molecule has 0 aliphatic heterocycles. The third kappa shape index (κ3) is 5.69. The minimum absolute atomic E-state index is 0.255. The summed E-state index contributed by atoms with van der Waals surface area (Å²) in [5, 5.41) is 9.95. The summed E-state index contributed by atoms with van der Waals surface area (Å²) in [7, 11) is 0. The van der Waals surface area contributed by atoms with Gasteiger partial charge in [0.05, 0.1) is 11.6 Å². The zero-order chi connectivity index (χ0) is 16.0. The molecule has 0 fully saturated rings. The Hall–Kier alpha value is -2.10. The Bertz CT molecular complexity index is 487. The molecule has 110 valence electrons. The van der Waals surface area contributed by atoms with E-state index in [1.165, 1.54) is 19.9 Å². The number of carbonyl (C=O) groups is 1. The van der Waals surface area contributed by atoms with Crippen LogP contribution in [0.15, 0.2) is 18.3 Å². The lowest BCUT2D eigenvalue weighted by atomic mass is 9.95. The van der Waals surface area contributed by atoms with Gasteiger partial charge in [0.1, 0.15) is 5.69 Å². The minimum Gasteiger partial charge on any atom is -0.347 e. The van der Waals surface area contributed by atoms with Crippen LogP contribution >= 0.6 is 0 Å². The number of rotatable bonds is 2. The summed E-state index contributed by atoms with van der Waals surface area (Å²) in [6, 6.07) is 3.96. The number of halogens is 3. The molecule has 1 aromatic rings. The van der Waals surface area contributed by atoms with Gasteiger partial charge in [-0.15, -0.1) is 0 Å². The molecule has 1 N–H and O–H groups in total. The Morgan fingerprint density at radius 2 is 1.85 bits per heavy atom. The van der Waals surface area contributed by atoms with E-state index in [0.717, 1.165) is 12.3 Å². The van der Waals surface area contributed by atoms with Gasteiger partial charge in [0.2, 0.25) is 5.91 Å². The van der Waals surface area contributed by atoms with Crippen molar-refractivity contribution in [3.63, 3.8) is 0 Å². The number of alkyl halides is 3. The highest BCUT2D eigenvalue weighted by Crippen LogP contribution is 2.28. The molecule has 0 aromatic carbocycles. The van der Waals surface area contributed by atoms with Crippen molar-refractivity contribution in [2.75, 3.05) is 0 Å². The zero-order valence-corrected chi connectivity index (χ0v) is 11.7. The average molecular weight is 287 g/mol. The lowest BCUT2D eigenvalue weighted by Crippen LogP contribution is -2.39. The molecule has 0 aliphatic carbocycles. The van der Waals surface area contributed by atoms with Crippen LogP contribution in [0.2, 0.25) is 0 Å². The molecular weight excluding hydrogens is 271 g/mol. The second-order valence-corrected chi connectivity index (χ2v) is 4.46. The predicted octanol–water partition coefficient (Wildman–Crippen LogP) is 3.00. The first kappa shape index (κ1) is 17.9. The van der Waals surface area contributed by atoms with Crippen molar-refractivity contribution >= 4 is 5.91 Å². The lowest BCUT2D eigenvalue weighted by molar-refractivity contribution is -0.141. The Labute approximate surface area is 115 Å². The van der Waals surface area contributed by atoms with Crippen molar-refractivity contribution in [3.05, 3.63) is 29.6 Å². The molecule has 1 amide bonds. The molecule has 0 unspecified atom stereocenters. The molecule has 4 nitrogen and oxygen atoms in total. The van der Waals surface area contributed by atoms with Gasteiger partial charge >= 0.3 is 6.18 Å². The number of nitrogens with one attached hydrogen (secondary N) is 1. The van der Waals surface area contributed by atoms with Crippen LogP contribution < -0.4 is 5.32 Å². The predicted molar refractivity (Wildman–Crippen MR) is 67.4 cm³/mol. The quantitative estimate of drug-likeness (QED) is 0.909. The van der Waals surface area contributed by atoms with Crippen molar-refractivity contribution in [3.8, 4) is 6.07 Å². The number of hydrogen-bond donors (Lipinski definition) is 1. The molecule has 0 aliphatic rings. The number of nitrogens with zero attached hydrogens (tertiary/aromatic N) is 2. The topological polar surface area (TPSA) is 65.8 Å². The molecular formula is C13H16F3N3O. The van der Waals surface area contributed by atoms with Gasteiger partial charge in [0.25, 0.3) is 0 Å². The highest BCUT2D eigenvalue weighted by Gasteiger charge is 2.33.